The molecular weight excluding hydrogens is 373 g/mol. The smallest absolute Gasteiger partial charge is 0.464 e. The van der Waals surface area contributed by atoms with Crippen molar-refractivity contribution in [2.45, 2.75) is 13.0 Å². The van der Waals surface area contributed by atoms with Gasteiger partial charge in [0.05, 0.1) is 7.11 Å². The molecule has 18 heavy (non-hydrogen) atoms. The number of methoxy groups -OCH3 is 1. The fourth-order valence-electron chi connectivity index (χ4n) is 1.08. The van der Waals surface area contributed by atoms with Crippen molar-refractivity contribution in [3.8, 4) is 5.75 Å². The van der Waals surface area contributed by atoms with Crippen LogP contribution in [0.3, 0.4) is 0 Å². The van der Waals surface area contributed by atoms with Gasteiger partial charge >= 0.3 is 12.3 Å². The fourth-order valence-corrected chi connectivity index (χ4v) is 1.80. The lowest BCUT2D eigenvalue weighted by molar-refractivity contribution is -0.275. The third kappa shape index (κ3) is 3.68. The van der Waals surface area contributed by atoms with Gasteiger partial charge in [-0.2, -0.15) is 0 Å². The highest BCUT2D eigenvalue weighted by molar-refractivity contribution is 14.1. The number of halogens is 5. The Morgan fingerprint density at radius 1 is 1.50 bits per heavy atom. The van der Waals surface area contributed by atoms with Gasteiger partial charge in [0.25, 0.3) is 0 Å². The lowest BCUT2D eigenvalue weighted by atomic mass is 10.2. The van der Waals surface area contributed by atoms with Crippen molar-refractivity contribution in [2.75, 3.05) is 7.11 Å². The summed E-state index contributed by atoms with van der Waals surface area (Å²) in [5, 5.41) is 0. The van der Waals surface area contributed by atoms with Crippen molar-refractivity contribution in [3.05, 3.63) is 21.0 Å². The Balaban J connectivity index is 3.24. The summed E-state index contributed by atoms with van der Waals surface area (Å²) in [6, 6.07) is 0.856. The number of aromatic nitrogens is 1. The zero-order valence-corrected chi connectivity index (χ0v) is 11.0. The first-order valence-electron chi connectivity index (χ1n) is 4.38. The van der Waals surface area contributed by atoms with Crippen molar-refractivity contribution in [1.29, 1.82) is 0 Å². The molecule has 9 heteroatoms. The van der Waals surface area contributed by atoms with E-state index in [2.05, 4.69) is 14.5 Å². The second-order valence-corrected chi connectivity index (χ2v) is 3.98. The Morgan fingerprint density at radius 3 is 2.56 bits per heavy atom. The van der Waals surface area contributed by atoms with Gasteiger partial charge in [0.15, 0.2) is 5.75 Å². The van der Waals surface area contributed by atoms with Gasteiger partial charge in [0.1, 0.15) is 16.1 Å². The number of nitrogens with zero attached hydrogens (tertiary/aromatic N) is 1. The molecule has 0 saturated carbocycles. The minimum absolute atomic E-state index is 0.277. The maximum Gasteiger partial charge on any atom is 0.573 e. The van der Waals surface area contributed by atoms with Crippen molar-refractivity contribution in [2.24, 2.45) is 0 Å². The Morgan fingerprint density at radius 2 is 2.11 bits per heavy atom. The number of hydrogen-bond acceptors (Lipinski definition) is 4. The Bertz CT molecular complexity index is 464. The number of alkyl halides is 4. The largest absolute Gasteiger partial charge is 0.573 e. The topological polar surface area (TPSA) is 48.4 Å². The summed E-state index contributed by atoms with van der Waals surface area (Å²) in [6.45, 7) is -1.23. The zero-order chi connectivity index (χ0) is 13.9. The van der Waals surface area contributed by atoms with E-state index in [9.17, 15) is 22.4 Å². The molecule has 1 heterocycles. The summed E-state index contributed by atoms with van der Waals surface area (Å²) >= 11 is 1.41. The van der Waals surface area contributed by atoms with Crippen LogP contribution in [0.4, 0.5) is 17.6 Å². The van der Waals surface area contributed by atoms with Crippen LogP contribution >= 0.6 is 22.6 Å². The molecule has 1 aromatic rings. The number of pyridine rings is 1. The molecule has 1 rings (SSSR count). The van der Waals surface area contributed by atoms with Crippen LogP contribution in [0.25, 0.3) is 0 Å². The predicted molar refractivity (Wildman–Crippen MR) is 59.8 cm³/mol. The van der Waals surface area contributed by atoms with E-state index in [4.69, 9.17) is 0 Å². The molecule has 0 spiro atoms. The maximum atomic E-state index is 12.7. The van der Waals surface area contributed by atoms with Crippen molar-refractivity contribution >= 4 is 28.6 Å². The Hall–Kier alpha value is -1.13. The van der Waals surface area contributed by atoms with E-state index in [0.717, 1.165) is 13.2 Å². The molecule has 0 bridgehead atoms. The molecule has 0 N–H and O–H groups in total. The third-order valence-electron chi connectivity index (χ3n) is 1.76. The van der Waals surface area contributed by atoms with Crippen LogP contribution in [0.15, 0.2) is 6.07 Å². The van der Waals surface area contributed by atoms with Gasteiger partial charge in [0.2, 0.25) is 0 Å². The first-order valence-corrected chi connectivity index (χ1v) is 5.45. The summed E-state index contributed by atoms with van der Waals surface area (Å²) in [6.07, 6.45) is -4.96. The lowest BCUT2D eigenvalue weighted by Gasteiger charge is -2.13. The summed E-state index contributed by atoms with van der Waals surface area (Å²) in [5.41, 5.74) is -0.712. The number of hydrogen-bond donors (Lipinski definition) is 0. The minimum Gasteiger partial charge on any atom is -0.464 e. The minimum atomic E-state index is -4.96. The Labute approximate surface area is 112 Å². The molecular formula is C9H6F4INO3. The first-order chi connectivity index (χ1) is 8.28. The molecule has 0 aromatic carbocycles. The van der Waals surface area contributed by atoms with Crippen molar-refractivity contribution in [3.63, 3.8) is 0 Å². The normalized spacial score (nSPS) is 11.2. The van der Waals surface area contributed by atoms with Gasteiger partial charge in [-0.05, 0) is 28.7 Å². The predicted octanol–water partition coefficient (Wildman–Crippen LogP) is 2.84. The van der Waals surface area contributed by atoms with Gasteiger partial charge in [0, 0.05) is 5.56 Å². The van der Waals surface area contributed by atoms with E-state index < -0.39 is 30.3 Å². The molecule has 0 fully saturated rings. The van der Waals surface area contributed by atoms with Gasteiger partial charge in [-0.25, -0.2) is 14.2 Å². The highest BCUT2D eigenvalue weighted by atomic mass is 127. The molecule has 0 saturated heterocycles. The first kappa shape index (κ1) is 14.9. The van der Waals surface area contributed by atoms with Crippen molar-refractivity contribution < 1.29 is 31.8 Å². The van der Waals surface area contributed by atoms with Crippen LogP contribution in [0.1, 0.15) is 16.1 Å². The third-order valence-corrected chi connectivity index (χ3v) is 2.50. The molecule has 100 valence electrons. The molecule has 0 unspecified atom stereocenters. The molecule has 0 aliphatic heterocycles. The highest BCUT2D eigenvalue weighted by Crippen LogP contribution is 2.31. The van der Waals surface area contributed by atoms with E-state index >= 15 is 0 Å². The van der Waals surface area contributed by atoms with Gasteiger partial charge in [-0.3, -0.25) is 0 Å². The standard InChI is InChI=1S/C9H6F4INO3/c1-17-8(16)5-2-4(3-10)6(7(14)15-5)18-9(11,12)13/h2H,3H2,1H3. The lowest BCUT2D eigenvalue weighted by Crippen LogP contribution is -2.20. The van der Waals surface area contributed by atoms with Gasteiger partial charge < -0.3 is 9.47 Å². The van der Waals surface area contributed by atoms with Crippen LogP contribution < -0.4 is 4.74 Å². The van der Waals surface area contributed by atoms with Crippen molar-refractivity contribution in [1.82, 2.24) is 4.98 Å². The molecule has 0 atom stereocenters. The van der Waals surface area contributed by atoms with Gasteiger partial charge in [-0.15, -0.1) is 13.2 Å². The second-order valence-electron chi connectivity index (χ2n) is 2.96. The van der Waals surface area contributed by atoms with Crippen LogP contribution in [0.2, 0.25) is 0 Å². The Kier molecular flexibility index (Phi) is 4.71. The summed E-state index contributed by atoms with van der Waals surface area (Å²) in [4.78, 5) is 14.7. The van der Waals surface area contributed by atoms with E-state index in [1.807, 2.05) is 0 Å². The van der Waals surface area contributed by atoms with Crippen LogP contribution in [0.5, 0.6) is 5.75 Å². The second kappa shape index (κ2) is 5.67. The summed E-state index contributed by atoms with van der Waals surface area (Å²) in [5.74, 6) is -1.63. The molecule has 1 aromatic heterocycles. The molecule has 0 aliphatic rings. The fraction of sp³-hybridized carbons (Fsp3) is 0.333. The molecule has 0 amide bonds. The van der Waals surface area contributed by atoms with E-state index in [1.54, 1.807) is 0 Å². The number of rotatable bonds is 3. The monoisotopic (exact) mass is 379 g/mol. The maximum absolute atomic E-state index is 12.7. The summed E-state index contributed by atoms with van der Waals surface area (Å²) < 4.78 is 56.7. The van der Waals surface area contributed by atoms with E-state index in [1.165, 1.54) is 22.6 Å². The quantitative estimate of drug-likeness (QED) is 0.351. The van der Waals surface area contributed by atoms with E-state index in [-0.39, 0.29) is 9.39 Å². The number of esters is 1. The molecule has 0 radical (unpaired) electrons. The number of ether oxygens (including phenoxy) is 2. The average molecular weight is 379 g/mol. The summed E-state index contributed by atoms with van der Waals surface area (Å²) in [7, 11) is 1.08. The highest BCUT2D eigenvalue weighted by Gasteiger charge is 2.34. The molecule has 0 aliphatic carbocycles. The average Bonchev–Trinajstić information content (AvgIpc) is 2.28. The van der Waals surface area contributed by atoms with Crippen LogP contribution in [0, 0.1) is 3.70 Å². The number of carbonyl (C=O) groups is 1. The van der Waals surface area contributed by atoms with Crippen LogP contribution in [-0.4, -0.2) is 24.4 Å². The number of carbonyl (C=O) groups excluding carboxylic acids is 1. The zero-order valence-electron chi connectivity index (χ0n) is 8.85. The van der Waals surface area contributed by atoms with Gasteiger partial charge in [-0.1, -0.05) is 0 Å². The van der Waals surface area contributed by atoms with Crippen LogP contribution in [-0.2, 0) is 11.4 Å². The molecule has 4 nitrogen and oxygen atoms in total. The van der Waals surface area contributed by atoms with E-state index in [0.29, 0.717) is 0 Å². The SMILES string of the molecule is COC(=O)c1cc(CF)c(OC(F)(F)F)c(I)n1.